The van der Waals surface area contributed by atoms with Gasteiger partial charge in [0.25, 0.3) is 5.91 Å². The summed E-state index contributed by atoms with van der Waals surface area (Å²) in [6.07, 6.45) is 0. The van der Waals surface area contributed by atoms with Gasteiger partial charge in [-0.15, -0.1) is 0 Å². The second kappa shape index (κ2) is 3.68. The van der Waals surface area contributed by atoms with Crippen molar-refractivity contribution in [2.45, 2.75) is 19.9 Å². The van der Waals surface area contributed by atoms with Crippen molar-refractivity contribution in [1.29, 1.82) is 0 Å². The van der Waals surface area contributed by atoms with E-state index in [1.54, 1.807) is 0 Å². The number of halogens is 1. The summed E-state index contributed by atoms with van der Waals surface area (Å²) < 4.78 is 5.42. The van der Waals surface area contributed by atoms with E-state index in [0.717, 1.165) is 22.4 Å². The molecule has 1 fully saturated rings. The van der Waals surface area contributed by atoms with Gasteiger partial charge in [-0.2, -0.15) is 0 Å². The molecule has 17 heavy (non-hydrogen) atoms. The molecule has 1 atom stereocenters. The molecule has 1 unspecified atom stereocenters. The number of pyridine rings is 1. The van der Waals surface area contributed by atoms with Gasteiger partial charge in [0.1, 0.15) is 5.15 Å². The Labute approximate surface area is 105 Å². The molecular formula is C12H13ClN2O2. The number of nitrogens with zero attached hydrogens (tertiary/aromatic N) is 2. The van der Waals surface area contributed by atoms with Crippen molar-refractivity contribution in [2.75, 3.05) is 19.8 Å². The Morgan fingerprint density at radius 2 is 2.18 bits per heavy atom. The number of rotatable bonds is 0. The predicted octanol–water partition coefficient (Wildman–Crippen LogP) is 1.88. The Bertz CT molecular complexity index is 516. The van der Waals surface area contributed by atoms with E-state index in [4.69, 9.17) is 16.3 Å². The van der Waals surface area contributed by atoms with E-state index in [0.29, 0.717) is 24.9 Å². The van der Waals surface area contributed by atoms with Crippen LogP contribution in [0.4, 0.5) is 0 Å². The first kappa shape index (κ1) is 11.0. The molecule has 0 spiro atoms. The van der Waals surface area contributed by atoms with E-state index in [-0.39, 0.29) is 11.9 Å². The maximum absolute atomic E-state index is 12.3. The fourth-order valence-corrected chi connectivity index (χ4v) is 2.74. The second-order valence-corrected chi connectivity index (χ2v) is 4.86. The molecule has 3 heterocycles. The zero-order chi connectivity index (χ0) is 12.2. The molecule has 0 N–H and O–H groups in total. The summed E-state index contributed by atoms with van der Waals surface area (Å²) in [5.41, 5.74) is 3.34. The lowest BCUT2D eigenvalue weighted by molar-refractivity contribution is 0.00354. The molecule has 0 saturated carbocycles. The van der Waals surface area contributed by atoms with Gasteiger partial charge in [0.05, 0.1) is 30.5 Å². The number of hydrogen-bond donors (Lipinski definition) is 0. The van der Waals surface area contributed by atoms with E-state index in [1.807, 2.05) is 18.7 Å². The third kappa shape index (κ3) is 1.40. The van der Waals surface area contributed by atoms with Crippen molar-refractivity contribution in [3.63, 3.8) is 0 Å². The predicted molar refractivity (Wildman–Crippen MR) is 63.3 cm³/mol. The summed E-state index contributed by atoms with van der Waals surface area (Å²) in [6.45, 7) is 5.58. The fraction of sp³-hybridized carbons (Fsp3) is 0.500. The van der Waals surface area contributed by atoms with Gasteiger partial charge in [-0.3, -0.25) is 4.79 Å². The average Bonchev–Trinajstić information content (AvgIpc) is 2.61. The molecule has 2 aliphatic rings. The van der Waals surface area contributed by atoms with Gasteiger partial charge < -0.3 is 9.64 Å². The van der Waals surface area contributed by atoms with Gasteiger partial charge in [-0.05, 0) is 25.0 Å². The van der Waals surface area contributed by atoms with Crippen LogP contribution in [0.1, 0.15) is 33.2 Å². The average molecular weight is 253 g/mol. The van der Waals surface area contributed by atoms with Crippen molar-refractivity contribution in [2.24, 2.45) is 0 Å². The molecule has 0 bridgehead atoms. The topological polar surface area (TPSA) is 42.4 Å². The van der Waals surface area contributed by atoms with Crippen LogP contribution in [0.5, 0.6) is 0 Å². The number of ether oxygens (including phenoxy) is 1. The molecule has 1 aromatic heterocycles. The van der Waals surface area contributed by atoms with Crippen molar-refractivity contribution in [1.82, 2.24) is 9.88 Å². The molecule has 4 nitrogen and oxygen atoms in total. The lowest BCUT2D eigenvalue weighted by Crippen LogP contribution is -2.38. The highest BCUT2D eigenvalue weighted by atomic mass is 35.5. The minimum absolute atomic E-state index is 0.0527. The maximum atomic E-state index is 12.3. The molecule has 0 aliphatic carbocycles. The Morgan fingerprint density at radius 3 is 2.94 bits per heavy atom. The highest BCUT2D eigenvalue weighted by Crippen LogP contribution is 2.38. The van der Waals surface area contributed by atoms with Crippen molar-refractivity contribution >= 4 is 17.5 Å². The Kier molecular flexibility index (Phi) is 2.38. The molecule has 1 saturated heterocycles. The van der Waals surface area contributed by atoms with Crippen LogP contribution in [0.15, 0.2) is 0 Å². The van der Waals surface area contributed by atoms with E-state index in [2.05, 4.69) is 4.98 Å². The molecule has 2 aliphatic heterocycles. The summed E-state index contributed by atoms with van der Waals surface area (Å²) in [4.78, 5) is 18.5. The van der Waals surface area contributed by atoms with Crippen LogP contribution in [0.3, 0.4) is 0 Å². The first-order valence-corrected chi connectivity index (χ1v) is 6.04. The highest BCUT2D eigenvalue weighted by molar-refractivity contribution is 6.30. The monoisotopic (exact) mass is 252 g/mol. The number of morpholine rings is 1. The van der Waals surface area contributed by atoms with Gasteiger partial charge in [-0.1, -0.05) is 11.6 Å². The zero-order valence-corrected chi connectivity index (χ0v) is 10.5. The minimum atomic E-state index is -0.0527. The zero-order valence-electron chi connectivity index (χ0n) is 9.79. The number of fused-ring (bicyclic) bond motifs is 3. The molecule has 0 radical (unpaired) electrons. The lowest BCUT2D eigenvalue weighted by Gasteiger charge is -2.29. The highest BCUT2D eigenvalue weighted by Gasteiger charge is 2.41. The van der Waals surface area contributed by atoms with Crippen LogP contribution < -0.4 is 0 Å². The molecule has 90 valence electrons. The van der Waals surface area contributed by atoms with E-state index in [9.17, 15) is 4.79 Å². The van der Waals surface area contributed by atoms with E-state index >= 15 is 0 Å². The summed E-state index contributed by atoms with van der Waals surface area (Å²) in [5, 5.41) is 0.487. The van der Waals surface area contributed by atoms with E-state index in [1.165, 1.54) is 0 Å². The minimum Gasteiger partial charge on any atom is -0.377 e. The lowest BCUT2D eigenvalue weighted by atomic mass is 10.0. The number of hydrogen-bond acceptors (Lipinski definition) is 3. The molecule has 5 heteroatoms. The summed E-state index contributed by atoms with van der Waals surface area (Å²) in [6, 6.07) is -0.0527. The van der Waals surface area contributed by atoms with Crippen LogP contribution in [-0.4, -0.2) is 35.5 Å². The van der Waals surface area contributed by atoms with Gasteiger partial charge in [0, 0.05) is 6.54 Å². The Balaban J connectivity index is 2.21. The molecule has 0 aromatic carbocycles. The quantitative estimate of drug-likeness (QED) is 0.662. The van der Waals surface area contributed by atoms with E-state index < -0.39 is 0 Å². The van der Waals surface area contributed by atoms with Gasteiger partial charge in [-0.25, -0.2) is 4.98 Å². The molecule has 3 rings (SSSR count). The Hall–Kier alpha value is -1.13. The third-order valence-electron chi connectivity index (χ3n) is 3.64. The van der Waals surface area contributed by atoms with Gasteiger partial charge >= 0.3 is 0 Å². The Morgan fingerprint density at radius 1 is 1.41 bits per heavy atom. The molecular weight excluding hydrogens is 240 g/mol. The second-order valence-electron chi connectivity index (χ2n) is 4.50. The first-order valence-electron chi connectivity index (χ1n) is 5.66. The normalized spacial score (nSPS) is 22.6. The summed E-state index contributed by atoms with van der Waals surface area (Å²) in [7, 11) is 0. The largest absolute Gasteiger partial charge is 0.377 e. The van der Waals surface area contributed by atoms with Crippen LogP contribution in [0.2, 0.25) is 5.15 Å². The third-order valence-corrected chi connectivity index (χ3v) is 4.01. The van der Waals surface area contributed by atoms with Crippen molar-refractivity contribution in [3.05, 3.63) is 27.5 Å². The number of carbonyl (C=O) groups is 1. The first-order chi connectivity index (χ1) is 8.11. The number of amides is 1. The number of carbonyl (C=O) groups excluding carboxylic acids is 1. The summed E-state index contributed by atoms with van der Waals surface area (Å²) >= 11 is 6.09. The molecule has 1 aromatic rings. The SMILES string of the molecule is Cc1c(Cl)nc2c(c1C)C(=O)N1CCOCC21. The molecule has 1 amide bonds. The van der Waals surface area contributed by atoms with Crippen molar-refractivity contribution in [3.8, 4) is 0 Å². The van der Waals surface area contributed by atoms with Crippen LogP contribution in [0, 0.1) is 13.8 Å². The van der Waals surface area contributed by atoms with Gasteiger partial charge in [0.2, 0.25) is 0 Å². The van der Waals surface area contributed by atoms with Crippen LogP contribution in [-0.2, 0) is 4.74 Å². The summed E-state index contributed by atoms with van der Waals surface area (Å²) in [5.74, 6) is 0.0677. The maximum Gasteiger partial charge on any atom is 0.256 e. The van der Waals surface area contributed by atoms with Crippen LogP contribution in [0.25, 0.3) is 0 Å². The fourth-order valence-electron chi connectivity index (χ4n) is 2.51. The smallest absolute Gasteiger partial charge is 0.256 e. The standard InChI is InChI=1S/C12H13ClN2O2/c1-6-7(2)11(13)14-10-8-5-17-4-3-15(8)12(16)9(6)10/h8H,3-5H2,1-2H3. The van der Waals surface area contributed by atoms with Crippen LogP contribution >= 0.6 is 11.6 Å². The van der Waals surface area contributed by atoms with Crippen molar-refractivity contribution < 1.29 is 9.53 Å². The van der Waals surface area contributed by atoms with Gasteiger partial charge in [0.15, 0.2) is 0 Å². The number of aromatic nitrogens is 1.